The summed E-state index contributed by atoms with van der Waals surface area (Å²) >= 11 is 5.71. The summed E-state index contributed by atoms with van der Waals surface area (Å²) in [6, 6.07) is 3.57. The first-order valence-corrected chi connectivity index (χ1v) is 6.13. The average molecular weight is 304 g/mol. The number of aliphatic carboxylic acids is 1. The number of amides is 1. The molecule has 5 nitrogen and oxygen atoms in total. The van der Waals surface area contributed by atoms with Gasteiger partial charge in [0.1, 0.15) is 5.82 Å². The molecule has 1 atom stereocenters. The van der Waals surface area contributed by atoms with Gasteiger partial charge >= 0.3 is 5.97 Å². The van der Waals surface area contributed by atoms with Crippen LogP contribution in [0.15, 0.2) is 18.2 Å². The SMILES string of the molecule is COCC(C)(CC(=O)O)NC(=O)c1cc(Cl)ccc1F. The lowest BCUT2D eigenvalue weighted by Crippen LogP contribution is -2.51. The molecule has 1 amide bonds. The molecule has 2 N–H and O–H groups in total. The van der Waals surface area contributed by atoms with Crippen LogP contribution in [0.4, 0.5) is 4.39 Å². The second-order valence-corrected chi connectivity index (χ2v) is 5.08. The minimum absolute atomic E-state index is 0.0206. The van der Waals surface area contributed by atoms with Gasteiger partial charge < -0.3 is 15.2 Å². The fraction of sp³-hybridized carbons (Fsp3) is 0.385. The zero-order valence-corrected chi connectivity index (χ0v) is 11.8. The Bertz CT molecular complexity index is 523. The number of nitrogens with one attached hydrogen (secondary N) is 1. The Hall–Kier alpha value is -1.66. The molecule has 0 aliphatic carbocycles. The van der Waals surface area contributed by atoms with Crippen LogP contribution in [0.5, 0.6) is 0 Å². The topological polar surface area (TPSA) is 75.6 Å². The van der Waals surface area contributed by atoms with E-state index in [-0.39, 0.29) is 23.6 Å². The molecule has 1 aromatic rings. The Labute approximate surface area is 120 Å². The summed E-state index contributed by atoms with van der Waals surface area (Å²) in [7, 11) is 1.38. The maximum absolute atomic E-state index is 13.6. The Morgan fingerprint density at radius 1 is 1.50 bits per heavy atom. The summed E-state index contributed by atoms with van der Waals surface area (Å²) in [5, 5.41) is 11.5. The van der Waals surface area contributed by atoms with Crippen LogP contribution in [0.2, 0.25) is 5.02 Å². The Morgan fingerprint density at radius 3 is 2.70 bits per heavy atom. The molecule has 0 aliphatic heterocycles. The van der Waals surface area contributed by atoms with E-state index in [4.69, 9.17) is 21.4 Å². The van der Waals surface area contributed by atoms with Crippen LogP contribution in [0.1, 0.15) is 23.7 Å². The van der Waals surface area contributed by atoms with E-state index in [1.54, 1.807) is 0 Å². The zero-order chi connectivity index (χ0) is 15.3. The van der Waals surface area contributed by atoms with Gasteiger partial charge in [0, 0.05) is 12.1 Å². The molecule has 0 saturated heterocycles. The van der Waals surface area contributed by atoms with Gasteiger partial charge in [-0.1, -0.05) is 11.6 Å². The number of benzene rings is 1. The lowest BCUT2D eigenvalue weighted by Gasteiger charge is -2.28. The molecule has 0 bridgehead atoms. The quantitative estimate of drug-likeness (QED) is 0.844. The smallest absolute Gasteiger partial charge is 0.305 e. The molecule has 1 rings (SSSR count). The van der Waals surface area contributed by atoms with E-state index < -0.39 is 23.2 Å². The second kappa shape index (κ2) is 6.67. The Balaban J connectivity index is 2.95. The number of methoxy groups -OCH3 is 1. The average Bonchev–Trinajstić information content (AvgIpc) is 2.30. The summed E-state index contributed by atoms with van der Waals surface area (Å²) < 4.78 is 18.5. The molecule has 110 valence electrons. The van der Waals surface area contributed by atoms with E-state index in [1.165, 1.54) is 26.2 Å². The normalized spacial score (nSPS) is 13.6. The molecule has 0 saturated carbocycles. The standard InChI is InChI=1S/C13H15ClFNO4/c1-13(7-20-2,6-11(17)18)16-12(19)9-5-8(14)3-4-10(9)15/h3-5H,6-7H2,1-2H3,(H,16,19)(H,17,18). The van der Waals surface area contributed by atoms with Gasteiger partial charge in [0.2, 0.25) is 0 Å². The van der Waals surface area contributed by atoms with Crippen molar-refractivity contribution in [1.29, 1.82) is 0 Å². The fourth-order valence-corrected chi connectivity index (χ4v) is 1.97. The zero-order valence-electron chi connectivity index (χ0n) is 11.1. The fourth-order valence-electron chi connectivity index (χ4n) is 1.80. The minimum atomic E-state index is -1.15. The number of hydrogen-bond acceptors (Lipinski definition) is 3. The van der Waals surface area contributed by atoms with Gasteiger partial charge in [-0.3, -0.25) is 9.59 Å². The number of carbonyl (C=O) groups is 2. The molecule has 0 aromatic heterocycles. The number of carboxylic acid groups (broad SMARTS) is 1. The van der Waals surface area contributed by atoms with E-state index in [0.717, 1.165) is 6.07 Å². The van der Waals surface area contributed by atoms with E-state index >= 15 is 0 Å². The number of carbonyl (C=O) groups excluding carboxylic acids is 1. The van der Waals surface area contributed by atoms with Gasteiger partial charge in [-0.05, 0) is 25.1 Å². The molecular formula is C13H15ClFNO4. The van der Waals surface area contributed by atoms with Crippen LogP contribution < -0.4 is 5.32 Å². The molecular weight excluding hydrogens is 289 g/mol. The van der Waals surface area contributed by atoms with Crippen LogP contribution in [0, 0.1) is 5.82 Å². The number of hydrogen-bond donors (Lipinski definition) is 2. The molecule has 0 spiro atoms. The monoisotopic (exact) mass is 303 g/mol. The summed E-state index contributed by atoms with van der Waals surface area (Å²) in [6.07, 6.45) is -0.352. The molecule has 0 heterocycles. The van der Waals surface area contributed by atoms with Crippen LogP contribution in [0.3, 0.4) is 0 Å². The first-order valence-electron chi connectivity index (χ1n) is 5.76. The maximum atomic E-state index is 13.6. The van der Waals surface area contributed by atoms with Gasteiger partial charge in [-0.15, -0.1) is 0 Å². The van der Waals surface area contributed by atoms with Crippen molar-refractivity contribution in [2.24, 2.45) is 0 Å². The summed E-state index contributed by atoms with van der Waals surface area (Å²) in [5.41, 5.74) is -1.39. The van der Waals surface area contributed by atoms with Crippen LogP contribution >= 0.6 is 11.6 Å². The number of ether oxygens (including phenoxy) is 1. The van der Waals surface area contributed by atoms with Crippen molar-refractivity contribution in [3.8, 4) is 0 Å². The third-order valence-electron chi connectivity index (χ3n) is 2.59. The highest BCUT2D eigenvalue weighted by Gasteiger charge is 2.30. The Morgan fingerprint density at radius 2 is 2.15 bits per heavy atom. The van der Waals surface area contributed by atoms with Gasteiger partial charge in [0.25, 0.3) is 5.91 Å². The largest absolute Gasteiger partial charge is 0.481 e. The lowest BCUT2D eigenvalue weighted by molar-refractivity contribution is -0.139. The van der Waals surface area contributed by atoms with Gasteiger partial charge in [0.15, 0.2) is 0 Å². The van der Waals surface area contributed by atoms with E-state index in [1.807, 2.05) is 0 Å². The highest BCUT2D eigenvalue weighted by atomic mass is 35.5. The van der Waals surface area contributed by atoms with Crippen molar-refractivity contribution in [3.63, 3.8) is 0 Å². The third-order valence-corrected chi connectivity index (χ3v) is 2.83. The van der Waals surface area contributed by atoms with Crippen molar-refractivity contribution in [2.45, 2.75) is 18.9 Å². The molecule has 1 aromatic carbocycles. The van der Waals surface area contributed by atoms with Gasteiger partial charge in [-0.25, -0.2) is 4.39 Å². The second-order valence-electron chi connectivity index (χ2n) is 4.64. The van der Waals surface area contributed by atoms with E-state index in [9.17, 15) is 14.0 Å². The van der Waals surface area contributed by atoms with Crippen molar-refractivity contribution in [1.82, 2.24) is 5.32 Å². The van der Waals surface area contributed by atoms with Crippen LogP contribution in [-0.2, 0) is 9.53 Å². The predicted octanol–water partition coefficient (Wildman–Crippen LogP) is 2.09. The Kier molecular flexibility index (Phi) is 5.47. The highest BCUT2D eigenvalue weighted by molar-refractivity contribution is 6.31. The van der Waals surface area contributed by atoms with Crippen LogP contribution in [0.25, 0.3) is 0 Å². The first-order chi connectivity index (χ1) is 9.27. The summed E-state index contributed by atoms with van der Waals surface area (Å²) in [5.74, 6) is -2.58. The number of carboxylic acids is 1. The molecule has 0 fully saturated rings. The number of halogens is 2. The highest BCUT2D eigenvalue weighted by Crippen LogP contribution is 2.17. The van der Waals surface area contributed by atoms with Crippen molar-refractivity contribution < 1.29 is 23.8 Å². The summed E-state index contributed by atoms with van der Waals surface area (Å²) in [6.45, 7) is 1.48. The minimum Gasteiger partial charge on any atom is -0.481 e. The van der Waals surface area contributed by atoms with Crippen LogP contribution in [-0.4, -0.2) is 36.2 Å². The molecule has 0 radical (unpaired) electrons. The molecule has 20 heavy (non-hydrogen) atoms. The van der Waals surface area contributed by atoms with E-state index in [2.05, 4.69) is 5.32 Å². The maximum Gasteiger partial charge on any atom is 0.305 e. The van der Waals surface area contributed by atoms with Crippen molar-refractivity contribution in [2.75, 3.05) is 13.7 Å². The first kappa shape index (κ1) is 16.4. The molecule has 1 unspecified atom stereocenters. The predicted molar refractivity (Wildman–Crippen MR) is 71.4 cm³/mol. The van der Waals surface area contributed by atoms with Gasteiger partial charge in [0.05, 0.1) is 24.1 Å². The van der Waals surface area contributed by atoms with Crippen molar-refractivity contribution >= 4 is 23.5 Å². The van der Waals surface area contributed by atoms with Crippen molar-refractivity contribution in [3.05, 3.63) is 34.6 Å². The summed E-state index contributed by atoms with van der Waals surface area (Å²) in [4.78, 5) is 22.9. The van der Waals surface area contributed by atoms with E-state index in [0.29, 0.717) is 0 Å². The molecule has 7 heteroatoms. The number of rotatable bonds is 6. The lowest BCUT2D eigenvalue weighted by atomic mass is 9.98. The van der Waals surface area contributed by atoms with Gasteiger partial charge in [-0.2, -0.15) is 0 Å². The third kappa shape index (κ3) is 4.47. The molecule has 0 aliphatic rings.